The van der Waals surface area contributed by atoms with Crippen molar-refractivity contribution in [1.82, 2.24) is 4.98 Å². The molecule has 23 heavy (non-hydrogen) atoms. The van der Waals surface area contributed by atoms with Crippen LogP contribution < -0.4 is 4.90 Å². The molecule has 0 radical (unpaired) electrons. The molecule has 3 rings (SSSR count). The van der Waals surface area contributed by atoms with Crippen molar-refractivity contribution < 1.29 is 14.6 Å². The number of benzene rings is 1. The van der Waals surface area contributed by atoms with E-state index in [-0.39, 0.29) is 0 Å². The lowest BCUT2D eigenvalue weighted by Gasteiger charge is -2.26. The first-order valence-electron chi connectivity index (χ1n) is 8.11. The highest BCUT2D eigenvalue weighted by Gasteiger charge is 2.17. The van der Waals surface area contributed by atoms with Gasteiger partial charge >= 0.3 is 5.97 Å². The van der Waals surface area contributed by atoms with Gasteiger partial charge in [0.05, 0.1) is 17.2 Å². The molecule has 5 heteroatoms. The Labute approximate surface area is 135 Å². The summed E-state index contributed by atoms with van der Waals surface area (Å²) in [5.74, 6) is -0.231. The fourth-order valence-electron chi connectivity index (χ4n) is 3.02. The van der Waals surface area contributed by atoms with Gasteiger partial charge in [-0.15, -0.1) is 0 Å². The monoisotopic (exact) mass is 314 g/mol. The SMILES string of the molecule is CN(CCC1CCCCO1)c1cc(C(=O)O)c2ccccc2n1. The smallest absolute Gasteiger partial charge is 0.336 e. The molecule has 1 fully saturated rings. The number of carbonyl (C=O) groups is 1. The highest BCUT2D eigenvalue weighted by molar-refractivity contribution is 6.03. The minimum Gasteiger partial charge on any atom is -0.478 e. The summed E-state index contributed by atoms with van der Waals surface area (Å²) in [5.41, 5.74) is 1.01. The first-order chi connectivity index (χ1) is 11.1. The molecular formula is C18H22N2O3. The molecule has 1 saturated heterocycles. The quantitative estimate of drug-likeness (QED) is 0.917. The number of para-hydroxylation sites is 1. The van der Waals surface area contributed by atoms with Crippen LogP contribution in [0.5, 0.6) is 0 Å². The molecule has 1 N–H and O–H groups in total. The number of aromatic nitrogens is 1. The first kappa shape index (κ1) is 15.7. The number of nitrogens with zero attached hydrogens (tertiary/aromatic N) is 2. The average Bonchev–Trinajstić information content (AvgIpc) is 2.59. The topological polar surface area (TPSA) is 62.7 Å². The Bertz CT molecular complexity index is 696. The van der Waals surface area contributed by atoms with Gasteiger partial charge < -0.3 is 14.7 Å². The number of fused-ring (bicyclic) bond motifs is 1. The van der Waals surface area contributed by atoms with E-state index in [1.54, 1.807) is 12.1 Å². The Morgan fingerprint density at radius 2 is 2.22 bits per heavy atom. The number of anilines is 1. The summed E-state index contributed by atoms with van der Waals surface area (Å²) in [6.45, 7) is 1.65. The van der Waals surface area contributed by atoms with Crippen molar-refractivity contribution in [2.24, 2.45) is 0 Å². The van der Waals surface area contributed by atoms with Crippen molar-refractivity contribution in [3.05, 3.63) is 35.9 Å². The van der Waals surface area contributed by atoms with E-state index in [1.807, 2.05) is 30.1 Å². The van der Waals surface area contributed by atoms with E-state index in [9.17, 15) is 9.90 Å². The van der Waals surface area contributed by atoms with Crippen LogP contribution in [0.1, 0.15) is 36.0 Å². The number of rotatable bonds is 5. The molecule has 0 bridgehead atoms. The Morgan fingerprint density at radius 1 is 1.39 bits per heavy atom. The van der Waals surface area contributed by atoms with E-state index in [2.05, 4.69) is 4.98 Å². The average molecular weight is 314 g/mol. The fourth-order valence-corrected chi connectivity index (χ4v) is 3.02. The second-order valence-corrected chi connectivity index (χ2v) is 6.05. The largest absolute Gasteiger partial charge is 0.478 e. The zero-order valence-electron chi connectivity index (χ0n) is 13.4. The van der Waals surface area contributed by atoms with Crippen LogP contribution >= 0.6 is 0 Å². The van der Waals surface area contributed by atoms with Crippen LogP contribution in [0.2, 0.25) is 0 Å². The molecule has 0 spiro atoms. The normalized spacial score (nSPS) is 18.0. The highest BCUT2D eigenvalue weighted by atomic mass is 16.5. The maximum atomic E-state index is 11.5. The van der Waals surface area contributed by atoms with Gasteiger partial charge in [0, 0.05) is 25.6 Å². The molecule has 0 amide bonds. The number of ether oxygens (including phenoxy) is 1. The lowest BCUT2D eigenvalue weighted by atomic mass is 10.1. The molecule has 5 nitrogen and oxygen atoms in total. The van der Waals surface area contributed by atoms with Crippen LogP contribution in [0, 0.1) is 0 Å². The number of hydrogen-bond donors (Lipinski definition) is 1. The minimum atomic E-state index is -0.922. The van der Waals surface area contributed by atoms with Gasteiger partial charge in [0.15, 0.2) is 0 Å². The van der Waals surface area contributed by atoms with Gasteiger partial charge in [-0.3, -0.25) is 0 Å². The van der Waals surface area contributed by atoms with Gasteiger partial charge in [-0.05, 0) is 37.8 Å². The Hall–Kier alpha value is -2.14. The van der Waals surface area contributed by atoms with Crippen molar-refractivity contribution in [2.45, 2.75) is 31.8 Å². The van der Waals surface area contributed by atoms with Crippen molar-refractivity contribution in [1.29, 1.82) is 0 Å². The van der Waals surface area contributed by atoms with Gasteiger partial charge in [-0.25, -0.2) is 9.78 Å². The van der Waals surface area contributed by atoms with Gasteiger partial charge in [0.25, 0.3) is 0 Å². The molecule has 1 atom stereocenters. The lowest BCUT2D eigenvalue weighted by Crippen LogP contribution is -2.27. The summed E-state index contributed by atoms with van der Waals surface area (Å²) < 4.78 is 5.76. The van der Waals surface area contributed by atoms with Crippen LogP contribution in [0.4, 0.5) is 5.82 Å². The summed E-state index contributed by atoms with van der Waals surface area (Å²) in [5, 5.41) is 10.1. The third-order valence-corrected chi connectivity index (χ3v) is 4.38. The molecule has 1 aromatic carbocycles. The van der Waals surface area contributed by atoms with Gasteiger partial charge in [0.1, 0.15) is 5.82 Å². The van der Waals surface area contributed by atoms with E-state index < -0.39 is 5.97 Å². The zero-order valence-corrected chi connectivity index (χ0v) is 13.4. The predicted octanol–water partition coefficient (Wildman–Crippen LogP) is 3.33. The van der Waals surface area contributed by atoms with Gasteiger partial charge in [-0.2, -0.15) is 0 Å². The molecule has 0 aliphatic carbocycles. The number of hydrogen-bond acceptors (Lipinski definition) is 4. The Kier molecular flexibility index (Phi) is 4.76. The molecular weight excluding hydrogens is 292 g/mol. The summed E-state index contributed by atoms with van der Waals surface area (Å²) in [7, 11) is 1.95. The standard InChI is InChI=1S/C18H22N2O3/c1-20(10-9-13-6-4-5-11-23-13)17-12-15(18(21)22)14-7-2-3-8-16(14)19-17/h2-3,7-8,12-13H,4-6,9-11H2,1H3,(H,21,22). The van der Waals surface area contributed by atoms with Crippen LogP contribution in [-0.4, -0.2) is 42.4 Å². The second kappa shape index (κ2) is 6.96. The third-order valence-electron chi connectivity index (χ3n) is 4.38. The van der Waals surface area contributed by atoms with Crippen molar-refractivity contribution in [3.63, 3.8) is 0 Å². The van der Waals surface area contributed by atoms with E-state index >= 15 is 0 Å². The molecule has 2 heterocycles. The Morgan fingerprint density at radius 3 is 2.96 bits per heavy atom. The minimum absolute atomic E-state index is 0.298. The van der Waals surface area contributed by atoms with Crippen LogP contribution in [0.25, 0.3) is 10.9 Å². The van der Waals surface area contributed by atoms with E-state index in [0.29, 0.717) is 28.4 Å². The molecule has 2 aromatic rings. The molecule has 1 aromatic heterocycles. The van der Waals surface area contributed by atoms with Crippen LogP contribution in [0.15, 0.2) is 30.3 Å². The molecule has 1 unspecified atom stereocenters. The van der Waals surface area contributed by atoms with Gasteiger partial charge in [-0.1, -0.05) is 18.2 Å². The predicted molar refractivity (Wildman–Crippen MR) is 90.2 cm³/mol. The maximum Gasteiger partial charge on any atom is 0.336 e. The third kappa shape index (κ3) is 3.62. The highest BCUT2D eigenvalue weighted by Crippen LogP contribution is 2.23. The van der Waals surface area contributed by atoms with Crippen LogP contribution in [0.3, 0.4) is 0 Å². The first-order valence-corrected chi connectivity index (χ1v) is 8.11. The lowest BCUT2D eigenvalue weighted by molar-refractivity contribution is 0.0126. The van der Waals surface area contributed by atoms with Crippen molar-refractivity contribution >= 4 is 22.7 Å². The summed E-state index contributed by atoms with van der Waals surface area (Å²) in [4.78, 5) is 18.1. The Balaban J connectivity index is 1.79. The number of carboxylic acids is 1. The van der Waals surface area contributed by atoms with Crippen molar-refractivity contribution in [2.75, 3.05) is 25.1 Å². The van der Waals surface area contributed by atoms with E-state index in [0.717, 1.165) is 32.4 Å². The van der Waals surface area contributed by atoms with E-state index in [4.69, 9.17) is 4.74 Å². The molecule has 0 saturated carbocycles. The van der Waals surface area contributed by atoms with Crippen molar-refractivity contribution in [3.8, 4) is 0 Å². The molecule has 1 aliphatic rings. The van der Waals surface area contributed by atoms with Gasteiger partial charge in [0.2, 0.25) is 0 Å². The summed E-state index contributed by atoms with van der Waals surface area (Å²) >= 11 is 0. The maximum absolute atomic E-state index is 11.5. The van der Waals surface area contributed by atoms with Crippen LogP contribution in [-0.2, 0) is 4.74 Å². The zero-order chi connectivity index (χ0) is 16.2. The number of pyridine rings is 1. The molecule has 122 valence electrons. The second-order valence-electron chi connectivity index (χ2n) is 6.05. The van der Waals surface area contributed by atoms with E-state index in [1.165, 1.54) is 6.42 Å². The summed E-state index contributed by atoms with van der Waals surface area (Å²) in [6.07, 6.45) is 4.74. The number of aromatic carboxylic acids is 1. The summed E-state index contributed by atoms with van der Waals surface area (Å²) in [6, 6.07) is 9.02. The fraction of sp³-hybridized carbons (Fsp3) is 0.444. The molecule has 1 aliphatic heterocycles. The number of carboxylic acid groups (broad SMARTS) is 1.